The standard InChI is InChI=1S/C15H15Br2ClN2/c1-9-2-4-11(13(17)6-9)15(8-19)20-10-3-5-12(16)14(18)7-10/h2-7,15,20H,8,19H2,1H3. The molecule has 2 nitrogen and oxygen atoms in total. The Morgan fingerprint density at radius 2 is 1.90 bits per heavy atom. The van der Waals surface area contributed by atoms with Crippen LogP contribution in [0.2, 0.25) is 5.02 Å². The lowest BCUT2D eigenvalue weighted by Crippen LogP contribution is -2.21. The highest BCUT2D eigenvalue weighted by Gasteiger charge is 2.13. The lowest BCUT2D eigenvalue weighted by Gasteiger charge is -2.20. The average molecular weight is 419 g/mol. The first-order valence-electron chi connectivity index (χ1n) is 6.19. The highest BCUT2D eigenvalue weighted by Crippen LogP contribution is 2.30. The first-order valence-corrected chi connectivity index (χ1v) is 8.15. The highest BCUT2D eigenvalue weighted by atomic mass is 79.9. The van der Waals surface area contributed by atoms with Crippen LogP contribution in [0.4, 0.5) is 5.69 Å². The minimum atomic E-state index is 0.0298. The summed E-state index contributed by atoms with van der Waals surface area (Å²) in [5.74, 6) is 0. The molecule has 2 rings (SSSR count). The van der Waals surface area contributed by atoms with Gasteiger partial charge < -0.3 is 11.1 Å². The van der Waals surface area contributed by atoms with Crippen molar-refractivity contribution in [1.29, 1.82) is 0 Å². The van der Waals surface area contributed by atoms with E-state index in [-0.39, 0.29) is 6.04 Å². The summed E-state index contributed by atoms with van der Waals surface area (Å²) in [6.07, 6.45) is 0. The van der Waals surface area contributed by atoms with Crippen molar-refractivity contribution in [3.63, 3.8) is 0 Å². The monoisotopic (exact) mass is 416 g/mol. The van der Waals surface area contributed by atoms with E-state index in [1.807, 2.05) is 18.2 Å². The molecule has 0 fully saturated rings. The second kappa shape index (κ2) is 6.94. The van der Waals surface area contributed by atoms with Gasteiger partial charge in [0.25, 0.3) is 0 Å². The zero-order chi connectivity index (χ0) is 14.7. The third-order valence-electron chi connectivity index (χ3n) is 3.03. The highest BCUT2D eigenvalue weighted by molar-refractivity contribution is 9.10. The minimum Gasteiger partial charge on any atom is -0.377 e. The summed E-state index contributed by atoms with van der Waals surface area (Å²) in [6.45, 7) is 2.56. The van der Waals surface area contributed by atoms with Gasteiger partial charge in [-0.1, -0.05) is 39.7 Å². The van der Waals surface area contributed by atoms with Gasteiger partial charge in [-0.05, 0) is 58.2 Å². The first kappa shape index (κ1) is 15.8. The second-order valence-electron chi connectivity index (χ2n) is 4.59. The zero-order valence-corrected chi connectivity index (χ0v) is 14.9. The van der Waals surface area contributed by atoms with Crippen LogP contribution < -0.4 is 11.1 Å². The van der Waals surface area contributed by atoms with Gasteiger partial charge in [0.05, 0.1) is 11.1 Å². The van der Waals surface area contributed by atoms with Gasteiger partial charge >= 0.3 is 0 Å². The first-order chi connectivity index (χ1) is 9.51. The van der Waals surface area contributed by atoms with Gasteiger partial charge in [0, 0.05) is 21.2 Å². The van der Waals surface area contributed by atoms with Crippen LogP contribution in [0.25, 0.3) is 0 Å². The Hall–Kier alpha value is -0.550. The Balaban J connectivity index is 2.26. The summed E-state index contributed by atoms with van der Waals surface area (Å²) >= 11 is 13.1. The molecule has 0 aromatic heterocycles. The fourth-order valence-electron chi connectivity index (χ4n) is 1.97. The molecule has 0 aliphatic rings. The van der Waals surface area contributed by atoms with Gasteiger partial charge in [0.15, 0.2) is 0 Å². The van der Waals surface area contributed by atoms with Gasteiger partial charge in [-0.3, -0.25) is 0 Å². The number of hydrogen-bond acceptors (Lipinski definition) is 2. The molecule has 5 heteroatoms. The maximum absolute atomic E-state index is 6.11. The number of hydrogen-bond donors (Lipinski definition) is 2. The maximum atomic E-state index is 6.11. The Bertz CT molecular complexity index is 617. The third kappa shape index (κ3) is 3.76. The van der Waals surface area contributed by atoms with E-state index in [2.05, 4.69) is 62.3 Å². The molecule has 0 saturated heterocycles. The van der Waals surface area contributed by atoms with Crippen molar-refractivity contribution in [2.45, 2.75) is 13.0 Å². The van der Waals surface area contributed by atoms with Gasteiger partial charge in [0.2, 0.25) is 0 Å². The Labute approximate surface area is 141 Å². The molecule has 1 unspecified atom stereocenters. The molecule has 20 heavy (non-hydrogen) atoms. The van der Waals surface area contributed by atoms with Gasteiger partial charge in [0.1, 0.15) is 0 Å². The van der Waals surface area contributed by atoms with E-state index >= 15 is 0 Å². The van der Waals surface area contributed by atoms with Gasteiger partial charge in [-0.15, -0.1) is 0 Å². The Kier molecular flexibility index (Phi) is 5.49. The molecule has 0 heterocycles. The van der Waals surface area contributed by atoms with Crippen LogP contribution >= 0.6 is 43.5 Å². The predicted molar refractivity (Wildman–Crippen MR) is 93.4 cm³/mol. The second-order valence-corrected chi connectivity index (χ2v) is 6.70. The summed E-state index contributed by atoms with van der Waals surface area (Å²) in [5.41, 5.74) is 9.19. The fraction of sp³-hybridized carbons (Fsp3) is 0.200. The summed E-state index contributed by atoms with van der Waals surface area (Å²) < 4.78 is 1.94. The van der Waals surface area contributed by atoms with Crippen LogP contribution in [0.5, 0.6) is 0 Å². The van der Waals surface area contributed by atoms with Crippen LogP contribution in [0, 0.1) is 6.92 Å². The normalized spacial score (nSPS) is 12.2. The van der Waals surface area contributed by atoms with E-state index in [0.29, 0.717) is 11.6 Å². The summed E-state index contributed by atoms with van der Waals surface area (Å²) in [5, 5.41) is 4.09. The van der Waals surface area contributed by atoms with Gasteiger partial charge in [-0.2, -0.15) is 0 Å². The van der Waals surface area contributed by atoms with Crippen molar-refractivity contribution in [3.05, 3.63) is 61.5 Å². The lowest BCUT2D eigenvalue weighted by atomic mass is 10.0. The molecule has 2 aromatic carbocycles. The quantitative estimate of drug-likeness (QED) is 0.708. The molecular formula is C15H15Br2ClN2. The molecule has 1 atom stereocenters. The van der Waals surface area contributed by atoms with Crippen LogP contribution in [0.3, 0.4) is 0 Å². The van der Waals surface area contributed by atoms with Crippen LogP contribution in [-0.4, -0.2) is 6.54 Å². The van der Waals surface area contributed by atoms with Crippen LogP contribution in [0.15, 0.2) is 45.3 Å². The molecule has 2 aromatic rings. The summed E-state index contributed by atoms with van der Waals surface area (Å²) in [6, 6.07) is 12.1. The van der Waals surface area contributed by atoms with Gasteiger partial charge in [-0.25, -0.2) is 0 Å². The third-order valence-corrected chi connectivity index (χ3v) is 4.95. The number of halogens is 3. The molecular weight excluding hydrogens is 403 g/mol. The van der Waals surface area contributed by atoms with Crippen molar-refractivity contribution in [1.82, 2.24) is 0 Å². The van der Waals surface area contributed by atoms with E-state index in [1.54, 1.807) is 0 Å². The number of aryl methyl sites for hydroxylation is 1. The van der Waals surface area contributed by atoms with Crippen molar-refractivity contribution < 1.29 is 0 Å². The molecule has 3 N–H and O–H groups in total. The number of benzene rings is 2. The zero-order valence-electron chi connectivity index (χ0n) is 11.0. The number of nitrogens with one attached hydrogen (secondary N) is 1. The molecule has 0 bridgehead atoms. The topological polar surface area (TPSA) is 38.0 Å². The predicted octanol–water partition coefficient (Wildman–Crippen LogP) is 5.29. The molecule has 0 amide bonds. The number of nitrogens with two attached hydrogens (primary N) is 1. The lowest BCUT2D eigenvalue weighted by molar-refractivity contribution is 0.785. The van der Waals surface area contributed by atoms with Crippen molar-refractivity contribution in [2.75, 3.05) is 11.9 Å². The largest absolute Gasteiger partial charge is 0.377 e. The van der Waals surface area contributed by atoms with E-state index in [1.165, 1.54) is 5.56 Å². The molecule has 0 aliphatic heterocycles. The van der Waals surface area contributed by atoms with Crippen molar-refractivity contribution in [3.8, 4) is 0 Å². The van der Waals surface area contributed by atoms with E-state index < -0.39 is 0 Å². The van der Waals surface area contributed by atoms with Crippen LogP contribution in [-0.2, 0) is 0 Å². The molecule has 0 saturated carbocycles. The van der Waals surface area contributed by atoms with Crippen molar-refractivity contribution in [2.24, 2.45) is 5.73 Å². The molecule has 0 aliphatic carbocycles. The van der Waals surface area contributed by atoms with E-state index in [9.17, 15) is 0 Å². The smallest absolute Gasteiger partial charge is 0.0647 e. The van der Waals surface area contributed by atoms with E-state index in [4.69, 9.17) is 17.3 Å². The van der Waals surface area contributed by atoms with Crippen LogP contribution in [0.1, 0.15) is 17.2 Å². The average Bonchev–Trinajstić information content (AvgIpc) is 2.41. The molecule has 0 spiro atoms. The Morgan fingerprint density at radius 1 is 1.15 bits per heavy atom. The maximum Gasteiger partial charge on any atom is 0.0647 e. The summed E-state index contributed by atoms with van der Waals surface area (Å²) in [4.78, 5) is 0. The minimum absolute atomic E-state index is 0.0298. The number of rotatable bonds is 4. The molecule has 106 valence electrons. The molecule has 0 radical (unpaired) electrons. The fourth-order valence-corrected chi connectivity index (χ4v) is 3.16. The SMILES string of the molecule is Cc1ccc(C(CN)Nc2ccc(Br)c(Cl)c2)c(Br)c1. The Morgan fingerprint density at radius 3 is 2.50 bits per heavy atom. The summed E-state index contributed by atoms with van der Waals surface area (Å²) in [7, 11) is 0. The number of anilines is 1. The van der Waals surface area contributed by atoms with E-state index in [0.717, 1.165) is 20.2 Å². The van der Waals surface area contributed by atoms with Crippen molar-refractivity contribution >= 4 is 49.1 Å².